The smallest absolute Gasteiger partial charge is 0.318 e. The van der Waals surface area contributed by atoms with E-state index in [-0.39, 0.29) is 12.1 Å². The van der Waals surface area contributed by atoms with Crippen molar-refractivity contribution in [1.82, 2.24) is 20.2 Å². The first-order valence-electron chi connectivity index (χ1n) is 9.38. The number of hydrogen-bond acceptors (Lipinski definition) is 5. The Labute approximate surface area is 159 Å². The van der Waals surface area contributed by atoms with Gasteiger partial charge in [0.25, 0.3) is 0 Å². The van der Waals surface area contributed by atoms with Crippen molar-refractivity contribution in [1.29, 1.82) is 0 Å². The van der Waals surface area contributed by atoms with Gasteiger partial charge in [0, 0.05) is 36.7 Å². The molecule has 4 rings (SSSR count). The summed E-state index contributed by atoms with van der Waals surface area (Å²) in [6.45, 7) is 5.96. The SMILES string of the molecule is CC1(C)c2cnc(Nc3ccccc3)nc2CN1C(=O)NC1CCOCC1. The third-order valence-corrected chi connectivity index (χ3v) is 5.33. The summed E-state index contributed by atoms with van der Waals surface area (Å²) in [6.07, 6.45) is 3.55. The van der Waals surface area contributed by atoms with Crippen LogP contribution >= 0.6 is 0 Å². The van der Waals surface area contributed by atoms with E-state index in [0.29, 0.717) is 25.7 Å². The van der Waals surface area contributed by atoms with E-state index in [0.717, 1.165) is 29.8 Å². The number of carbonyl (C=O) groups excluding carboxylic acids is 1. The summed E-state index contributed by atoms with van der Waals surface area (Å²) in [5.74, 6) is 0.544. The quantitative estimate of drug-likeness (QED) is 0.871. The van der Waals surface area contributed by atoms with Gasteiger partial charge in [-0.2, -0.15) is 0 Å². The number of carbonyl (C=O) groups is 1. The molecule has 1 saturated heterocycles. The minimum absolute atomic E-state index is 0.0533. The van der Waals surface area contributed by atoms with Crippen LogP contribution in [0.15, 0.2) is 36.5 Å². The molecule has 27 heavy (non-hydrogen) atoms. The van der Waals surface area contributed by atoms with Crippen LogP contribution in [0.2, 0.25) is 0 Å². The Hall–Kier alpha value is -2.67. The Morgan fingerprint density at radius 2 is 1.96 bits per heavy atom. The normalized spacial score (nSPS) is 18.8. The Bertz CT molecular complexity index is 818. The summed E-state index contributed by atoms with van der Waals surface area (Å²) < 4.78 is 5.37. The van der Waals surface area contributed by atoms with Gasteiger partial charge in [0.2, 0.25) is 5.95 Å². The number of nitrogens with one attached hydrogen (secondary N) is 2. The molecule has 0 spiro atoms. The highest BCUT2D eigenvalue weighted by molar-refractivity contribution is 5.76. The number of para-hydroxylation sites is 1. The van der Waals surface area contributed by atoms with Crippen molar-refractivity contribution in [2.24, 2.45) is 0 Å². The molecule has 2 N–H and O–H groups in total. The van der Waals surface area contributed by atoms with Gasteiger partial charge in [0.1, 0.15) is 0 Å². The number of fused-ring (bicyclic) bond motifs is 1. The van der Waals surface area contributed by atoms with Crippen molar-refractivity contribution in [2.45, 2.75) is 44.8 Å². The maximum Gasteiger partial charge on any atom is 0.318 e. The molecule has 2 aliphatic rings. The Morgan fingerprint density at radius 1 is 1.22 bits per heavy atom. The fraction of sp³-hybridized carbons (Fsp3) is 0.450. The Balaban J connectivity index is 1.50. The monoisotopic (exact) mass is 367 g/mol. The summed E-state index contributed by atoms with van der Waals surface area (Å²) in [5.41, 5.74) is 2.36. The highest BCUT2D eigenvalue weighted by Gasteiger charge is 2.42. The van der Waals surface area contributed by atoms with Gasteiger partial charge >= 0.3 is 6.03 Å². The molecular formula is C20H25N5O2. The maximum atomic E-state index is 12.9. The highest BCUT2D eigenvalue weighted by Crippen LogP contribution is 2.38. The second kappa shape index (κ2) is 7.15. The molecule has 0 atom stereocenters. The standard InChI is InChI=1S/C20H25N5O2/c1-20(2)16-12-21-18(22-14-6-4-3-5-7-14)24-17(16)13-25(20)19(26)23-15-8-10-27-11-9-15/h3-7,12,15H,8-11,13H2,1-2H3,(H,23,26)(H,21,22,24). The van der Waals surface area contributed by atoms with Crippen LogP contribution in [0.4, 0.5) is 16.4 Å². The lowest BCUT2D eigenvalue weighted by Crippen LogP contribution is -2.50. The van der Waals surface area contributed by atoms with Gasteiger partial charge in [-0.05, 0) is 38.8 Å². The van der Waals surface area contributed by atoms with Crippen LogP contribution in [0.5, 0.6) is 0 Å². The topological polar surface area (TPSA) is 79.4 Å². The summed E-state index contributed by atoms with van der Waals surface area (Å²) in [6, 6.07) is 9.94. The van der Waals surface area contributed by atoms with Crippen molar-refractivity contribution >= 4 is 17.7 Å². The summed E-state index contributed by atoms with van der Waals surface area (Å²) in [5, 5.41) is 6.36. The molecule has 3 heterocycles. The zero-order chi connectivity index (χ0) is 18.9. The lowest BCUT2D eigenvalue weighted by molar-refractivity contribution is 0.0748. The number of anilines is 2. The second-order valence-electron chi connectivity index (χ2n) is 7.53. The van der Waals surface area contributed by atoms with E-state index < -0.39 is 5.54 Å². The average molecular weight is 367 g/mol. The molecule has 0 aliphatic carbocycles. The first-order valence-corrected chi connectivity index (χ1v) is 9.38. The van der Waals surface area contributed by atoms with Crippen LogP contribution in [0.25, 0.3) is 0 Å². The first-order chi connectivity index (χ1) is 13.0. The zero-order valence-corrected chi connectivity index (χ0v) is 15.7. The number of amides is 2. The van der Waals surface area contributed by atoms with Crippen LogP contribution in [0, 0.1) is 0 Å². The number of urea groups is 1. The predicted octanol–water partition coefficient (Wildman–Crippen LogP) is 3.16. The minimum Gasteiger partial charge on any atom is -0.381 e. The molecule has 0 radical (unpaired) electrons. The van der Waals surface area contributed by atoms with E-state index in [1.165, 1.54) is 0 Å². The molecule has 2 aromatic rings. The van der Waals surface area contributed by atoms with Gasteiger partial charge in [-0.3, -0.25) is 0 Å². The molecule has 0 saturated carbocycles. The Morgan fingerprint density at radius 3 is 2.70 bits per heavy atom. The summed E-state index contributed by atoms with van der Waals surface area (Å²) in [4.78, 5) is 23.8. The largest absolute Gasteiger partial charge is 0.381 e. The predicted molar refractivity (Wildman–Crippen MR) is 103 cm³/mol. The number of rotatable bonds is 3. The average Bonchev–Trinajstić information content (AvgIpc) is 2.94. The van der Waals surface area contributed by atoms with E-state index in [1.54, 1.807) is 0 Å². The van der Waals surface area contributed by atoms with Gasteiger partial charge in [-0.25, -0.2) is 14.8 Å². The first kappa shape index (κ1) is 17.7. The molecule has 1 fully saturated rings. The lowest BCUT2D eigenvalue weighted by Gasteiger charge is -2.34. The number of hydrogen-bond donors (Lipinski definition) is 2. The van der Waals surface area contributed by atoms with Gasteiger partial charge < -0.3 is 20.3 Å². The Kier molecular flexibility index (Phi) is 4.70. The fourth-order valence-electron chi connectivity index (χ4n) is 3.67. The van der Waals surface area contributed by atoms with Crippen molar-refractivity contribution < 1.29 is 9.53 Å². The molecule has 0 unspecified atom stereocenters. The van der Waals surface area contributed by atoms with Crippen LogP contribution in [0.3, 0.4) is 0 Å². The summed E-state index contributed by atoms with van der Waals surface area (Å²) >= 11 is 0. The third-order valence-electron chi connectivity index (χ3n) is 5.33. The van der Waals surface area contributed by atoms with Crippen molar-refractivity contribution in [2.75, 3.05) is 18.5 Å². The molecular weight excluding hydrogens is 342 g/mol. The van der Waals surface area contributed by atoms with E-state index in [1.807, 2.05) is 55.3 Å². The van der Waals surface area contributed by atoms with Crippen molar-refractivity contribution in [3.8, 4) is 0 Å². The molecule has 2 aliphatic heterocycles. The van der Waals surface area contributed by atoms with Crippen LogP contribution in [0.1, 0.15) is 37.9 Å². The van der Waals surface area contributed by atoms with Gasteiger partial charge in [-0.1, -0.05) is 18.2 Å². The number of nitrogens with zero attached hydrogens (tertiary/aromatic N) is 3. The van der Waals surface area contributed by atoms with E-state index in [9.17, 15) is 4.79 Å². The highest BCUT2D eigenvalue weighted by atomic mass is 16.5. The van der Waals surface area contributed by atoms with Crippen LogP contribution in [-0.4, -0.2) is 40.2 Å². The number of benzene rings is 1. The van der Waals surface area contributed by atoms with Crippen LogP contribution in [-0.2, 0) is 16.8 Å². The van der Waals surface area contributed by atoms with E-state index in [4.69, 9.17) is 4.74 Å². The molecule has 7 heteroatoms. The summed E-state index contributed by atoms with van der Waals surface area (Å²) in [7, 11) is 0. The second-order valence-corrected chi connectivity index (χ2v) is 7.53. The lowest BCUT2D eigenvalue weighted by atomic mass is 9.97. The van der Waals surface area contributed by atoms with E-state index >= 15 is 0 Å². The van der Waals surface area contributed by atoms with E-state index in [2.05, 4.69) is 20.6 Å². The molecule has 0 bridgehead atoms. The number of ether oxygens (including phenoxy) is 1. The minimum atomic E-state index is -0.449. The third kappa shape index (κ3) is 3.60. The van der Waals surface area contributed by atoms with Crippen molar-refractivity contribution in [3.63, 3.8) is 0 Å². The number of aromatic nitrogens is 2. The van der Waals surface area contributed by atoms with Gasteiger partial charge in [0.05, 0.1) is 17.8 Å². The van der Waals surface area contributed by atoms with Gasteiger partial charge in [-0.15, -0.1) is 0 Å². The molecule has 2 amide bonds. The van der Waals surface area contributed by atoms with Crippen LogP contribution < -0.4 is 10.6 Å². The van der Waals surface area contributed by atoms with Gasteiger partial charge in [0.15, 0.2) is 0 Å². The molecule has 7 nitrogen and oxygen atoms in total. The molecule has 142 valence electrons. The van der Waals surface area contributed by atoms with Crippen molar-refractivity contribution in [3.05, 3.63) is 47.8 Å². The zero-order valence-electron chi connectivity index (χ0n) is 15.7. The fourth-order valence-corrected chi connectivity index (χ4v) is 3.67. The molecule has 1 aromatic heterocycles. The maximum absolute atomic E-state index is 12.9. The molecule has 1 aromatic carbocycles.